The van der Waals surface area contributed by atoms with Crippen molar-refractivity contribution >= 4 is 45.7 Å². The first-order valence-corrected chi connectivity index (χ1v) is 6.83. The van der Waals surface area contributed by atoms with Gasteiger partial charge in [-0.05, 0) is 35.7 Å². The van der Waals surface area contributed by atoms with Crippen molar-refractivity contribution in [3.63, 3.8) is 0 Å². The van der Waals surface area contributed by atoms with E-state index in [-0.39, 0.29) is 21.6 Å². The Morgan fingerprint density at radius 2 is 1.81 bits per heavy atom. The van der Waals surface area contributed by atoms with Crippen LogP contribution in [0.4, 0.5) is 10.1 Å². The molecule has 1 amide bonds. The van der Waals surface area contributed by atoms with Crippen LogP contribution in [0.25, 0.3) is 10.9 Å². The quantitative estimate of drug-likeness (QED) is 0.694. The van der Waals surface area contributed by atoms with E-state index in [1.54, 1.807) is 18.3 Å². The number of amides is 1. The summed E-state index contributed by atoms with van der Waals surface area (Å²) in [5.74, 6) is -0.933. The second-order valence-electron chi connectivity index (χ2n) is 4.48. The van der Waals surface area contributed by atoms with E-state index in [4.69, 9.17) is 23.2 Å². The number of halogens is 3. The van der Waals surface area contributed by atoms with Crippen molar-refractivity contribution < 1.29 is 9.18 Å². The highest BCUT2D eigenvalue weighted by atomic mass is 35.5. The molecule has 0 fully saturated rings. The number of carbonyl (C=O) groups is 1. The van der Waals surface area contributed by atoms with Gasteiger partial charge in [0.1, 0.15) is 5.82 Å². The van der Waals surface area contributed by atoms with Crippen molar-refractivity contribution in [2.45, 2.75) is 0 Å². The van der Waals surface area contributed by atoms with Crippen LogP contribution in [0.3, 0.4) is 0 Å². The number of rotatable bonds is 2. The molecule has 0 spiro atoms. The summed E-state index contributed by atoms with van der Waals surface area (Å²) in [5.41, 5.74) is 1.48. The van der Waals surface area contributed by atoms with Crippen LogP contribution in [-0.4, -0.2) is 10.9 Å². The third-order valence-corrected chi connectivity index (χ3v) is 3.66. The Hall–Kier alpha value is -2.04. The molecule has 1 heterocycles. The van der Waals surface area contributed by atoms with E-state index in [1.165, 1.54) is 0 Å². The van der Waals surface area contributed by atoms with Crippen molar-refractivity contribution in [1.82, 2.24) is 4.98 Å². The molecule has 0 radical (unpaired) electrons. The zero-order valence-corrected chi connectivity index (χ0v) is 12.1. The minimum Gasteiger partial charge on any atom is -0.361 e. The Labute approximate surface area is 129 Å². The minimum atomic E-state index is -0.559. The van der Waals surface area contributed by atoms with Gasteiger partial charge in [0.15, 0.2) is 0 Å². The van der Waals surface area contributed by atoms with Crippen LogP contribution in [-0.2, 0) is 0 Å². The van der Waals surface area contributed by atoms with Crippen LogP contribution in [0, 0.1) is 5.82 Å². The Morgan fingerprint density at radius 3 is 2.52 bits per heavy atom. The molecular formula is C15H9Cl2FN2O. The summed E-state index contributed by atoms with van der Waals surface area (Å²) >= 11 is 11.8. The zero-order valence-electron chi connectivity index (χ0n) is 10.6. The maximum absolute atomic E-state index is 13.1. The van der Waals surface area contributed by atoms with E-state index in [2.05, 4.69) is 10.3 Å². The van der Waals surface area contributed by atoms with Crippen molar-refractivity contribution in [3.05, 3.63) is 64.0 Å². The van der Waals surface area contributed by atoms with Crippen LogP contribution in [0.15, 0.2) is 42.6 Å². The third-order valence-electron chi connectivity index (χ3n) is 3.06. The first-order chi connectivity index (χ1) is 10.0. The second-order valence-corrected chi connectivity index (χ2v) is 5.29. The van der Waals surface area contributed by atoms with Crippen molar-refractivity contribution in [3.8, 4) is 0 Å². The molecule has 3 nitrogen and oxygen atoms in total. The number of aromatic nitrogens is 1. The second kappa shape index (κ2) is 5.39. The summed E-state index contributed by atoms with van der Waals surface area (Å²) in [4.78, 5) is 15.3. The number of H-pyrrole nitrogens is 1. The van der Waals surface area contributed by atoms with E-state index >= 15 is 0 Å². The molecule has 2 aromatic carbocycles. The number of benzene rings is 2. The molecule has 0 aliphatic carbocycles. The molecule has 0 unspecified atom stereocenters. The molecule has 0 aliphatic heterocycles. The predicted octanol–water partition coefficient (Wildman–Crippen LogP) is 4.87. The molecule has 1 aromatic heterocycles. The van der Waals surface area contributed by atoms with Gasteiger partial charge in [0.25, 0.3) is 5.91 Å². The molecule has 3 aromatic rings. The predicted molar refractivity (Wildman–Crippen MR) is 82.7 cm³/mol. The summed E-state index contributed by atoms with van der Waals surface area (Å²) in [7, 11) is 0. The van der Waals surface area contributed by atoms with E-state index < -0.39 is 5.82 Å². The summed E-state index contributed by atoms with van der Waals surface area (Å²) in [5, 5.41) is 3.70. The molecule has 2 N–H and O–H groups in total. The highest BCUT2D eigenvalue weighted by Crippen LogP contribution is 2.31. The lowest BCUT2D eigenvalue weighted by Crippen LogP contribution is -2.12. The Morgan fingerprint density at radius 1 is 1.10 bits per heavy atom. The molecule has 6 heteroatoms. The SMILES string of the molecule is O=C(Nc1c(Cl)cc(F)cc1Cl)c1ccc2cc[nH]c2c1. The van der Waals surface area contributed by atoms with Gasteiger partial charge in [0.2, 0.25) is 0 Å². The largest absolute Gasteiger partial charge is 0.361 e. The summed E-state index contributed by atoms with van der Waals surface area (Å²) in [6, 6.07) is 9.33. The number of nitrogens with one attached hydrogen (secondary N) is 2. The number of carbonyl (C=O) groups excluding carboxylic acids is 1. The Bertz CT molecular complexity index is 822. The maximum atomic E-state index is 13.1. The van der Waals surface area contributed by atoms with Crippen LogP contribution in [0.2, 0.25) is 10.0 Å². The Balaban J connectivity index is 1.92. The summed E-state index contributed by atoms with van der Waals surface area (Å²) < 4.78 is 13.1. The fraction of sp³-hybridized carbons (Fsp3) is 0. The van der Waals surface area contributed by atoms with E-state index in [0.29, 0.717) is 5.56 Å². The molecule has 0 aliphatic rings. The molecule has 0 saturated heterocycles. The lowest BCUT2D eigenvalue weighted by molar-refractivity contribution is 0.102. The number of hydrogen-bond donors (Lipinski definition) is 2. The van der Waals surface area contributed by atoms with Gasteiger partial charge < -0.3 is 10.3 Å². The van der Waals surface area contributed by atoms with Crippen LogP contribution >= 0.6 is 23.2 Å². The number of aromatic amines is 1. The normalized spacial score (nSPS) is 10.8. The summed E-state index contributed by atoms with van der Waals surface area (Å²) in [6.45, 7) is 0. The van der Waals surface area contributed by atoms with E-state index in [9.17, 15) is 9.18 Å². The average Bonchev–Trinajstić information content (AvgIpc) is 2.89. The summed E-state index contributed by atoms with van der Waals surface area (Å²) in [6.07, 6.45) is 1.79. The molecule has 0 saturated carbocycles. The third kappa shape index (κ3) is 2.73. The van der Waals surface area contributed by atoms with Gasteiger partial charge in [0, 0.05) is 17.3 Å². The fourth-order valence-electron chi connectivity index (χ4n) is 2.04. The fourth-order valence-corrected chi connectivity index (χ4v) is 2.59. The molecule has 21 heavy (non-hydrogen) atoms. The van der Waals surface area contributed by atoms with E-state index in [1.807, 2.05) is 12.1 Å². The van der Waals surface area contributed by atoms with Gasteiger partial charge in [-0.2, -0.15) is 0 Å². The van der Waals surface area contributed by atoms with Crippen LogP contribution in [0.5, 0.6) is 0 Å². The van der Waals surface area contributed by atoms with Crippen LogP contribution < -0.4 is 5.32 Å². The first kappa shape index (κ1) is 13.9. The monoisotopic (exact) mass is 322 g/mol. The topological polar surface area (TPSA) is 44.9 Å². The zero-order chi connectivity index (χ0) is 15.0. The van der Waals surface area contributed by atoms with Crippen molar-refractivity contribution in [1.29, 1.82) is 0 Å². The van der Waals surface area contributed by atoms with Crippen LogP contribution in [0.1, 0.15) is 10.4 Å². The van der Waals surface area contributed by atoms with Gasteiger partial charge in [0.05, 0.1) is 15.7 Å². The molecule has 3 rings (SSSR count). The highest BCUT2D eigenvalue weighted by Gasteiger charge is 2.13. The average molecular weight is 323 g/mol. The lowest BCUT2D eigenvalue weighted by Gasteiger charge is -2.09. The molecule has 0 atom stereocenters. The number of fused-ring (bicyclic) bond motifs is 1. The van der Waals surface area contributed by atoms with Crippen molar-refractivity contribution in [2.24, 2.45) is 0 Å². The molecule has 106 valence electrons. The first-order valence-electron chi connectivity index (χ1n) is 6.07. The van der Waals surface area contributed by atoms with Gasteiger partial charge in [-0.15, -0.1) is 0 Å². The van der Waals surface area contributed by atoms with Gasteiger partial charge in [-0.3, -0.25) is 4.79 Å². The smallest absolute Gasteiger partial charge is 0.255 e. The van der Waals surface area contributed by atoms with Gasteiger partial charge >= 0.3 is 0 Å². The van der Waals surface area contributed by atoms with Gasteiger partial charge in [-0.25, -0.2) is 4.39 Å². The minimum absolute atomic E-state index is 0.0503. The maximum Gasteiger partial charge on any atom is 0.255 e. The lowest BCUT2D eigenvalue weighted by atomic mass is 10.1. The Kier molecular flexibility index (Phi) is 3.57. The van der Waals surface area contributed by atoms with Crippen molar-refractivity contribution in [2.75, 3.05) is 5.32 Å². The molecule has 0 bridgehead atoms. The van der Waals surface area contributed by atoms with Gasteiger partial charge in [-0.1, -0.05) is 29.3 Å². The van der Waals surface area contributed by atoms with E-state index in [0.717, 1.165) is 23.0 Å². The molecular weight excluding hydrogens is 314 g/mol. The number of hydrogen-bond acceptors (Lipinski definition) is 1. The standard InChI is InChI=1S/C15H9Cl2FN2O/c16-11-6-10(18)7-12(17)14(11)20-15(21)9-2-1-8-3-4-19-13(8)5-9/h1-7,19H,(H,20,21). The highest BCUT2D eigenvalue weighted by molar-refractivity contribution is 6.40. The number of anilines is 1.